The molecule has 0 saturated heterocycles. The third kappa shape index (κ3) is 7.45. The first-order chi connectivity index (χ1) is 14.0. The first-order valence-electron chi connectivity index (χ1n) is 11.0. The number of amides is 1. The lowest BCUT2D eigenvalue weighted by Gasteiger charge is -2.41. The second kappa shape index (κ2) is 11.5. The Kier molecular flexibility index (Phi) is 10.1. The molecule has 1 N–H and O–H groups in total. The van der Waals surface area contributed by atoms with Gasteiger partial charge in [-0.3, -0.25) is 9.59 Å². The summed E-state index contributed by atoms with van der Waals surface area (Å²) in [7, 11) is 0. The highest BCUT2D eigenvalue weighted by Crippen LogP contribution is 2.41. The summed E-state index contributed by atoms with van der Waals surface area (Å²) < 4.78 is 22.1. The molecule has 1 saturated carbocycles. The fraction of sp³-hybridized carbons (Fsp3) is 0.864. The molecule has 0 aliphatic heterocycles. The molecule has 1 aliphatic carbocycles. The Morgan fingerprint density at radius 2 is 1.50 bits per heavy atom. The van der Waals surface area contributed by atoms with Gasteiger partial charge in [0, 0.05) is 12.5 Å². The van der Waals surface area contributed by atoms with Gasteiger partial charge in [0.1, 0.15) is 5.60 Å². The number of alkyl carbamates (subject to hydrolysis) is 1. The summed E-state index contributed by atoms with van der Waals surface area (Å²) in [6, 6.07) is -0.498. The fourth-order valence-electron chi connectivity index (χ4n) is 3.77. The zero-order chi connectivity index (χ0) is 22.9. The van der Waals surface area contributed by atoms with Gasteiger partial charge in [0.15, 0.2) is 5.41 Å². The normalized spacial score (nSPS) is 21.1. The van der Waals surface area contributed by atoms with E-state index in [1.807, 2.05) is 13.8 Å². The van der Waals surface area contributed by atoms with Crippen LogP contribution in [-0.2, 0) is 28.5 Å². The van der Waals surface area contributed by atoms with Gasteiger partial charge in [0.25, 0.3) is 0 Å². The van der Waals surface area contributed by atoms with Crippen LogP contribution >= 0.6 is 0 Å². The number of carbonyl (C=O) groups excluding carboxylic acids is 3. The lowest BCUT2D eigenvalue weighted by atomic mass is 9.70. The molecule has 1 rings (SSSR count). The minimum absolute atomic E-state index is 0.00244. The van der Waals surface area contributed by atoms with Gasteiger partial charge in [-0.05, 0) is 60.3 Å². The number of hydrogen-bond acceptors (Lipinski definition) is 7. The van der Waals surface area contributed by atoms with E-state index < -0.39 is 41.2 Å². The Balaban J connectivity index is 3.20. The van der Waals surface area contributed by atoms with E-state index in [0.717, 1.165) is 12.8 Å². The first kappa shape index (κ1) is 26.2. The van der Waals surface area contributed by atoms with E-state index in [0.29, 0.717) is 6.42 Å². The Bertz CT molecular complexity index is 563. The van der Waals surface area contributed by atoms with Crippen LogP contribution in [0.25, 0.3) is 0 Å². The highest BCUT2D eigenvalue weighted by molar-refractivity contribution is 6.00. The first-order valence-corrected chi connectivity index (χ1v) is 11.0. The zero-order valence-electron chi connectivity index (χ0n) is 19.5. The average molecular weight is 430 g/mol. The lowest BCUT2D eigenvalue weighted by Crippen LogP contribution is -2.55. The molecular formula is C22H39NO7. The van der Waals surface area contributed by atoms with E-state index >= 15 is 0 Å². The molecule has 0 aromatic heterocycles. The van der Waals surface area contributed by atoms with Crippen molar-refractivity contribution in [1.82, 2.24) is 5.32 Å². The minimum Gasteiger partial charge on any atom is -0.465 e. The van der Waals surface area contributed by atoms with Crippen molar-refractivity contribution in [1.29, 1.82) is 0 Å². The second-order valence-electron chi connectivity index (χ2n) is 8.71. The standard InChI is InChI=1S/C22H39NO7/c1-8-16(9-2)29-17-12-15(23-20(26)30-21(5,6)7)13-22(14-17,18(24)27-10-3)19(25)28-11-4/h15-17H,8-14H2,1-7H3,(H,23,26). The minimum atomic E-state index is -1.53. The maximum Gasteiger partial charge on any atom is 0.407 e. The summed E-state index contributed by atoms with van der Waals surface area (Å²) in [6.07, 6.45) is 1.31. The van der Waals surface area contributed by atoms with Gasteiger partial charge in [0.05, 0.1) is 25.4 Å². The molecule has 0 spiro atoms. The number of hydrogen-bond donors (Lipinski definition) is 1. The number of esters is 2. The van der Waals surface area contributed by atoms with Crippen LogP contribution in [0.1, 0.15) is 80.6 Å². The number of rotatable bonds is 9. The van der Waals surface area contributed by atoms with Crippen molar-refractivity contribution in [3.8, 4) is 0 Å². The third-order valence-corrected chi connectivity index (χ3v) is 5.07. The van der Waals surface area contributed by atoms with E-state index in [-0.39, 0.29) is 32.2 Å². The smallest absolute Gasteiger partial charge is 0.407 e. The summed E-state index contributed by atoms with van der Waals surface area (Å²) in [6.45, 7) is 13.0. The van der Waals surface area contributed by atoms with Crippen LogP contribution in [0.3, 0.4) is 0 Å². The predicted molar refractivity (Wildman–Crippen MR) is 112 cm³/mol. The molecular weight excluding hydrogens is 390 g/mol. The van der Waals surface area contributed by atoms with Crippen molar-refractivity contribution in [3.63, 3.8) is 0 Å². The molecule has 8 nitrogen and oxygen atoms in total. The molecule has 2 atom stereocenters. The van der Waals surface area contributed by atoms with Crippen LogP contribution in [0, 0.1) is 5.41 Å². The molecule has 0 radical (unpaired) electrons. The van der Waals surface area contributed by atoms with Crippen LogP contribution in [0.15, 0.2) is 0 Å². The van der Waals surface area contributed by atoms with E-state index in [1.54, 1.807) is 34.6 Å². The van der Waals surface area contributed by atoms with Gasteiger partial charge in [-0.25, -0.2) is 4.79 Å². The van der Waals surface area contributed by atoms with Gasteiger partial charge < -0.3 is 24.3 Å². The Hall–Kier alpha value is -1.83. The predicted octanol–water partition coefficient (Wildman–Crippen LogP) is 3.75. The second-order valence-corrected chi connectivity index (χ2v) is 8.71. The average Bonchev–Trinajstić information content (AvgIpc) is 2.64. The van der Waals surface area contributed by atoms with Crippen molar-refractivity contribution in [2.24, 2.45) is 5.41 Å². The van der Waals surface area contributed by atoms with Gasteiger partial charge >= 0.3 is 18.0 Å². The van der Waals surface area contributed by atoms with Crippen LogP contribution in [0.4, 0.5) is 4.79 Å². The van der Waals surface area contributed by atoms with Crippen molar-refractivity contribution in [2.75, 3.05) is 13.2 Å². The molecule has 0 heterocycles. The van der Waals surface area contributed by atoms with E-state index in [1.165, 1.54) is 0 Å². The third-order valence-electron chi connectivity index (χ3n) is 5.07. The molecule has 0 aromatic rings. The monoisotopic (exact) mass is 429 g/mol. The summed E-state index contributed by atoms with van der Waals surface area (Å²) in [4.78, 5) is 38.3. The van der Waals surface area contributed by atoms with Gasteiger partial charge in [-0.15, -0.1) is 0 Å². The molecule has 0 bridgehead atoms. The largest absolute Gasteiger partial charge is 0.465 e. The molecule has 1 fully saturated rings. The number of nitrogens with one attached hydrogen (secondary N) is 1. The molecule has 174 valence electrons. The van der Waals surface area contributed by atoms with Crippen LogP contribution in [0.2, 0.25) is 0 Å². The molecule has 30 heavy (non-hydrogen) atoms. The highest BCUT2D eigenvalue weighted by atomic mass is 16.6. The maximum atomic E-state index is 12.9. The Morgan fingerprint density at radius 1 is 0.967 bits per heavy atom. The molecule has 0 aromatic carbocycles. The van der Waals surface area contributed by atoms with Crippen molar-refractivity contribution < 1.29 is 33.3 Å². The fourth-order valence-corrected chi connectivity index (χ4v) is 3.77. The van der Waals surface area contributed by atoms with Crippen LogP contribution in [0.5, 0.6) is 0 Å². The Labute approximate surface area is 180 Å². The molecule has 1 amide bonds. The molecule has 2 unspecified atom stereocenters. The maximum absolute atomic E-state index is 12.9. The van der Waals surface area contributed by atoms with E-state index in [2.05, 4.69) is 5.32 Å². The number of ether oxygens (including phenoxy) is 4. The topological polar surface area (TPSA) is 100 Å². The SMILES string of the molecule is CCOC(=O)C1(C(=O)OCC)CC(NC(=O)OC(C)(C)C)CC(OC(CC)CC)C1. The quantitative estimate of drug-likeness (QED) is 0.338. The molecule has 8 heteroatoms. The summed E-state index contributed by atoms with van der Waals surface area (Å²) in [5.74, 6) is -1.28. The molecule has 1 aliphatic rings. The van der Waals surface area contributed by atoms with Crippen LogP contribution < -0.4 is 5.32 Å². The van der Waals surface area contributed by atoms with Gasteiger partial charge in [-0.1, -0.05) is 13.8 Å². The summed E-state index contributed by atoms with van der Waals surface area (Å²) >= 11 is 0. The highest BCUT2D eigenvalue weighted by Gasteiger charge is 2.55. The van der Waals surface area contributed by atoms with Crippen LogP contribution in [-0.4, -0.2) is 55.1 Å². The van der Waals surface area contributed by atoms with Gasteiger partial charge in [-0.2, -0.15) is 0 Å². The van der Waals surface area contributed by atoms with E-state index in [9.17, 15) is 14.4 Å². The Morgan fingerprint density at radius 3 is 1.93 bits per heavy atom. The number of carbonyl (C=O) groups is 3. The summed E-state index contributed by atoms with van der Waals surface area (Å²) in [5, 5.41) is 2.81. The summed E-state index contributed by atoms with van der Waals surface area (Å²) in [5.41, 5.74) is -2.19. The van der Waals surface area contributed by atoms with Crippen molar-refractivity contribution in [2.45, 2.75) is 104 Å². The van der Waals surface area contributed by atoms with Crippen molar-refractivity contribution in [3.05, 3.63) is 0 Å². The lowest BCUT2D eigenvalue weighted by molar-refractivity contribution is -0.181. The zero-order valence-corrected chi connectivity index (χ0v) is 19.5. The van der Waals surface area contributed by atoms with E-state index in [4.69, 9.17) is 18.9 Å². The van der Waals surface area contributed by atoms with Gasteiger partial charge in [0.2, 0.25) is 0 Å². The van der Waals surface area contributed by atoms with Crippen molar-refractivity contribution >= 4 is 18.0 Å².